The van der Waals surface area contributed by atoms with Crippen LogP contribution in [0, 0.1) is 0 Å². The van der Waals surface area contributed by atoms with Gasteiger partial charge in [0.15, 0.2) is 5.65 Å². The van der Waals surface area contributed by atoms with Crippen molar-refractivity contribution >= 4 is 22.9 Å². The van der Waals surface area contributed by atoms with Gasteiger partial charge in [0.05, 0.1) is 6.33 Å². The summed E-state index contributed by atoms with van der Waals surface area (Å²) in [5, 5.41) is 0.995. The number of aromatic nitrogens is 4. The van der Waals surface area contributed by atoms with Gasteiger partial charge in [0.2, 0.25) is 0 Å². The van der Waals surface area contributed by atoms with Gasteiger partial charge in [-0.05, 0) is 6.26 Å². The highest BCUT2D eigenvalue weighted by atomic mass is 32.2. The molecule has 5 heteroatoms. The van der Waals surface area contributed by atoms with Crippen molar-refractivity contribution in [1.82, 2.24) is 19.5 Å². The van der Waals surface area contributed by atoms with Crippen molar-refractivity contribution in [3.8, 4) is 0 Å². The molecule has 0 aliphatic carbocycles. The molecule has 0 saturated heterocycles. The zero-order valence-corrected chi connectivity index (χ0v) is 11.1. The molecule has 0 aromatic carbocycles. The SMILES string of the molecule is CSc1nc(C(C)(C)C)nc2ncn(C)c12. The molecule has 4 nitrogen and oxygen atoms in total. The van der Waals surface area contributed by atoms with Crippen molar-refractivity contribution in [2.75, 3.05) is 6.26 Å². The van der Waals surface area contributed by atoms with Crippen molar-refractivity contribution in [2.24, 2.45) is 7.05 Å². The molecule has 2 rings (SSSR count). The van der Waals surface area contributed by atoms with Crippen molar-refractivity contribution < 1.29 is 0 Å². The predicted molar refractivity (Wildman–Crippen MR) is 66.8 cm³/mol. The molecule has 2 aromatic rings. The van der Waals surface area contributed by atoms with Crippen LogP contribution in [-0.2, 0) is 12.5 Å². The quantitative estimate of drug-likeness (QED) is 0.563. The summed E-state index contributed by atoms with van der Waals surface area (Å²) >= 11 is 1.64. The molecule has 0 amide bonds. The van der Waals surface area contributed by atoms with E-state index in [1.54, 1.807) is 18.1 Å². The van der Waals surface area contributed by atoms with Crippen LogP contribution >= 0.6 is 11.8 Å². The normalized spacial score (nSPS) is 12.3. The van der Waals surface area contributed by atoms with E-state index in [1.165, 1.54) is 0 Å². The van der Waals surface area contributed by atoms with Gasteiger partial charge < -0.3 is 4.57 Å². The van der Waals surface area contributed by atoms with Crippen molar-refractivity contribution in [1.29, 1.82) is 0 Å². The zero-order valence-electron chi connectivity index (χ0n) is 10.3. The Labute approximate surface area is 99.5 Å². The van der Waals surface area contributed by atoms with Crippen LogP contribution < -0.4 is 0 Å². The largest absolute Gasteiger partial charge is 0.330 e. The number of hydrogen-bond donors (Lipinski definition) is 0. The maximum Gasteiger partial charge on any atom is 0.182 e. The minimum absolute atomic E-state index is 0.0454. The van der Waals surface area contributed by atoms with E-state index in [4.69, 9.17) is 0 Å². The second kappa shape index (κ2) is 3.73. The summed E-state index contributed by atoms with van der Waals surface area (Å²) in [6, 6.07) is 0. The van der Waals surface area contributed by atoms with Gasteiger partial charge in [-0.25, -0.2) is 15.0 Å². The van der Waals surface area contributed by atoms with E-state index in [-0.39, 0.29) is 5.41 Å². The first-order valence-corrected chi connectivity index (χ1v) is 6.39. The van der Waals surface area contributed by atoms with Gasteiger partial charge in [0, 0.05) is 12.5 Å². The van der Waals surface area contributed by atoms with E-state index < -0.39 is 0 Å². The number of thioether (sulfide) groups is 1. The number of imidazole rings is 1. The summed E-state index contributed by atoms with van der Waals surface area (Å²) in [6.07, 6.45) is 3.81. The average molecular weight is 236 g/mol. The second-order valence-electron chi connectivity index (χ2n) is 4.83. The average Bonchev–Trinajstić information content (AvgIpc) is 2.58. The second-order valence-corrected chi connectivity index (χ2v) is 5.63. The monoisotopic (exact) mass is 236 g/mol. The molecule has 0 saturated carbocycles. The van der Waals surface area contributed by atoms with E-state index in [2.05, 4.69) is 35.7 Å². The molecule has 0 aliphatic rings. The Bertz CT molecular complexity index is 524. The smallest absolute Gasteiger partial charge is 0.182 e. The van der Waals surface area contributed by atoms with Crippen LogP contribution in [0.4, 0.5) is 0 Å². The summed E-state index contributed by atoms with van der Waals surface area (Å²) in [7, 11) is 1.97. The van der Waals surface area contributed by atoms with Gasteiger partial charge in [0.1, 0.15) is 16.4 Å². The lowest BCUT2D eigenvalue weighted by molar-refractivity contribution is 0.542. The van der Waals surface area contributed by atoms with Gasteiger partial charge in [-0.2, -0.15) is 0 Å². The van der Waals surface area contributed by atoms with Crippen LogP contribution in [0.3, 0.4) is 0 Å². The van der Waals surface area contributed by atoms with Crippen LogP contribution in [0.1, 0.15) is 26.6 Å². The molecular weight excluding hydrogens is 220 g/mol. The number of fused-ring (bicyclic) bond motifs is 1. The highest BCUT2D eigenvalue weighted by Crippen LogP contribution is 2.26. The third-order valence-corrected chi connectivity index (χ3v) is 3.08. The van der Waals surface area contributed by atoms with E-state index in [9.17, 15) is 0 Å². The van der Waals surface area contributed by atoms with E-state index in [0.29, 0.717) is 0 Å². The van der Waals surface area contributed by atoms with Gasteiger partial charge in [0.25, 0.3) is 0 Å². The van der Waals surface area contributed by atoms with Crippen LogP contribution in [0.2, 0.25) is 0 Å². The van der Waals surface area contributed by atoms with Crippen molar-refractivity contribution in [3.05, 3.63) is 12.2 Å². The minimum atomic E-state index is -0.0454. The van der Waals surface area contributed by atoms with E-state index in [0.717, 1.165) is 22.0 Å². The fourth-order valence-corrected chi connectivity index (χ4v) is 2.10. The Morgan fingerprint density at radius 1 is 1.25 bits per heavy atom. The standard InChI is InChI=1S/C11H16N4S/c1-11(2,3)10-13-8-7(9(14-10)16-5)15(4)6-12-8/h6H,1-5H3. The molecule has 2 heterocycles. The molecule has 16 heavy (non-hydrogen) atoms. The van der Waals surface area contributed by atoms with E-state index in [1.807, 2.05) is 17.9 Å². The molecular formula is C11H16N4S. The minimum Gasteiger partial charge on any atom is -0.330 e. The highest BCUT2D eigenvalue weighted by Gasteiger charge is 2.21. The number of rotatable bonds is 1. The summed E-state index contributed by atoms with van der Waals surface area (Å²) in [4.78, 5) is 13.4. The first-order valence-electron chi connectivity index (χ1n) is 5.17. The first-order chi connectivity index (χ1) is 7.43. The summed E-state index contributed by atoms with van der Waals surface area (Å²) in [5.74, 6) is 0.850. The molecule has 2 aromatic heterocycles. The van der Waals surface area contributed by atoms with Gasteiger partial charge in [-0.3, -0.25) is 0 Å². The summed E-state index contributed by atoms with van der Waals surface area (Å²) < 4.78 is 1.97. The lowest BCUT2D eigenvalue weighted by Crippen LogP contribution is -2.16. The number of nitrogens with zero attached hydrogens (tertiary/aromatic N) is 4. The summed E-state index contributed by atoms with van der Waals surface area (Å²) in [5.41, 5.74) is 1.75. The van der Waals surface area contributed by atoms with Gasteiger partial charge in [-0.1, -0.05) is 20.8 Å². The van der Waals surface area contributed by atoms with Gasteiger partial charge in [-0.15, -0.1) is 11.8 Å². The molecule has 0 unspecified atom stereocenters. The molecule has 0 radical (unpaired) electrons. The maximum absolute atomic E-state index is 4.61. The molecule has 0 spiro atoms. The fourth-order valence-electron chi connectivity index (χ4n) is 1.50. The third kappa shape index (κ3) is 1.80. The van der Waals surface area contributed by atoms with Crippen LogP contribution in [0.15, 0.2) is 11.4 Å². The zero-order chi connectivity index (χ0) is 11.9. The summed E-state index contributed by atoms with van der Waals surface area (Å²) in [6.45, 7) is 6.34. The molecule has 0 fully saturated rings. The van der Waals surface area contributed by atoms with Crippen LogP contribution in [0.25, 0.3) is 11.2 Å². The highest BCUT2D eigenvalue weighted by molar-refractivity contribution is 7.98. The molecule has 0 N–H and O–H groups in total. The Morgan fingerprint density at radius 3 is 2.50 bits per heavy atom. The number of aryl methyl sites for hydroxylation is 1. The predicted octanol–water partition coefficient (Wildman–Crippen LogP) is 2.38. The lowest BCUT2D eigenvalue weighted by atomic mass is 9.96. The fraction of sp³-hybridized carbons (Fsp3) is 0.545. The molecule has 0 atom stereocenters. The molecule has 0 bridgehead atoms. The molecule has 86 valence electrons. The third-order valence-electron chi connectivity index (χ3n) is 2.40. The maximum atomic E-state index is 4.61. The van der Waals surface area contributed by atoms with E-state index >= 15 is 0 Å². The van der Waals surface area contributed by atoms with Crippen molar-refractivity contribution in [3.63, 3.8) is 0 Å². The lowest BCUT2D eigenvalue weighted by Gasteiger charge is -2.17. The Kier molecular flexibility index (Phi) is 2.66. The molecule has 0 aliphatic heterocycles. The Morgan fingerprint density at radius 2 is 1.94 bits per heavy atom. The Balaban J connectivity index is 2.75. The topological polar surface area (TPSA) is 43.6 Å². The van der Waals surface area contributed by atoms with Crippen LogP contribution in [-0.4, -0.2) is 25.8 Å². The van der Waals surface area contributed by atoms with Crippen LogP contribution in [0.5, 0.6) is 0 Å². The van der Waals surface area contributed by atoms with Gasteiger partial charge >= 0.3 is 0 Å². The first kappa shape index (κ1) is 11.4. The van der Waals surface area contributed by atoms with Crippen molar-refractivity contribution in [2.45, 2.75) is 31.2 Å². The Hall–Kier alpha value is -1.10. The number of hydrogen-bond acceptors (Lipinski definition) is 4.